The van der Waals surface area contributed by atoms with Gasteiger partial charge in [0.15, 0.2) is 0 Å². The minimum absolute atomic E-state index is 0. The number of amides is 1. The summed E-state index contributed by atoms with van der Waals surface area (Å²) < 4.78 is 0. The zero-order valence-electron chi connectivity index (χ0n) is 11.3. The Bertz CT molecular complexity index is 591. The zero-order valence-corrected chi connectivity index (χ0v) is 12.1. The minimum Gasteiger partial charge on any atom is -0.355 e. The molecule has 2 aromatic rings. The van der Waals surface area contributed by atoms with E-state index in [9.17, 15) is 4.79 Å². The molecule has 0 atom stereocenters. The molecule has 0 bridgehead atoms. The zero-order chi connectivity index (χ0) is 13.1. The van der Waals surface area contributed by atoms with Crippen molar-refractivity contribution in [1.82, 2.24) is 10.6 Å². The van der Waals surface area contributed by atoms with Gasteiger partial charge in [-0.1, -0.05) is 42.5 Å². The van der Waals surface area contributed by atoms with Gasteiger partial charge in [0.2, 0.25) is 5.91 Å². The first kappa shape index (κ1) is 14.8. The van der Waals surface area contributed by atoms with E-state index < -0.39 is 0 Å². The van der Waals surface area contributed by atoms with E-state index in [0.717, 1.165) is 25.2 Å². The van der Waals surface area contributed by atoms with Crippen molar-refractivity contribution < 1.29 is 4.79 Å². The van der Waals surface area contributed by atoms with Crippen molar-refractivity contribution in [3.63, 3.8) is 0 Å². The number of nitrogens with one attached hydrogen (secondary N) is 2. The lowest BCUT2D eigenvalue weighted by Gasteiger charge is -2.27. The predicted octanol–water partition coefficient (Wildman–Crippen LogP) is 2.14. The summed E-state index contributed by atoms with van der Waals surface area (Å²) in [5.41, 5.74) is 1.10. The van der Waals surface area contributed by atoms with Crippen LogP contribution >= 0.6 is 12.4 Å². The molecule has 1 aliphatic rings. The smallest absolute Gasteiger partial charge is 0.224 e. The highest BCUT2D eigenvalue weighted by Gasteiger charge is 2.17. The van der Waals surface area contributed by atoms with Crippen LogP contribution in [-0.4, -0.2) is 25.5 Å². The number of fused-ring (bicyclic) bond motifs is 1. The van der Waals surface area contributed by atoms with Crippen LogP contribution in [0.15, 0.2) is 42.5 Å². The molecule has 4 heteroatoms. The average Bonchev–Trinajstić information content (AvgIpc) is 2.37. The first-order chi connectivity index (χ1) is 9.33. The quantitative estimate of drug-likeness (QED) is 0.906. The summed E-state index contributed by atoms with van der Waals surface area (Å²) in [6.07, 6.45) is 0.460. The summed E-state index contributed by atoms with van der Waals surface area (Å²) in [5.74, 6) is 0.722. The standard InChI is InChI=1S/C16H18N2O.ClH/c19-16(18-11-12-9-17-10-12)8-14-6-3-5-13-4-1-2-7-15(13)14;/h1-7,12,17H,8-11H2,(H,18,19);1H. The molecular formula is C16H19ClN2O. The molecule has 2 N–H and O–H groups in total. The maximum atomic E-state index is 12.0. The van der Waals surface area contributed by atoms with Gasteiger partial charge in [0.25, 0.3) is 0 Å². The van der Waals surface area contributed by atoms with Crippen molar-refractivity contribution in [2.45, 2.75) is 6.42 Å². The van der Waals surface area contributed by atoms with Gasteiger partial charge in [-0.05, 0) is 16.3 Å². The topological polar surface area (TPSA) is 41.1 Å². The van der Waals surface area contributed by atoms with Gasteiger partial charge in [-0.2, -0.15) is 0 Å². The van der Waals surface area contributed by atoms with Crippen LogP contribution in [0.1, 0.15) is 5.56 Å². The Morgan fingerprint density at radius 1 is 1.15 bits per heavy atom. The molecule has 2 aromatic carbocycles. The van der Waals surface area contributed by atoms with E-state index in [1.807, 2.05) is 24.3 Å². The number of benzene rings is 2. The van der Waals surface area contributed by atoms with Crippen LogP contribution in [0.2, 0.25) is 0 Å². The summed E-state index contributed by atoms with van der Waals surface area (Å²) >= 11 is 0. The van der Waals surface area contributed by atoms with Crippen LogP contribution in [0.3, 0.4) is 0 Å². The molecule has 0 spiro atoms. The fourth-order valence-corrected chi connectivity index (χ4v) is 2.43. The van der Waals surface area contributed by atoms with E-state index in [4.69, 9.17) is 0 Å². The Balaban J connectivity index is 0.00000147. The van der Waals surface area contributed by atoms with Crippen molar-refractivity contribution in [1.29, 1.82) is 0 Å². The molecule has 3 rings (SSSR count). The molecule has 0 saturated carbocycles. The summed E-state index contributed by atoms with van der Waals surface area (Å²) in [6.45, 7) is 2.83. The monoisotopic (exact) mass is 290 g/mol. The number of rotatable bonds is 4. The Morgan fingerprint density at radius 3 is 2.65 bits per heavy atom. The first-order valence-corrected chi connectivity index (χ1v) is 6.77. The number of carbonyl (C=O) groups is 1. The van der Waals surface area contributed by atoms with E-state index >= 15 is 0 Å². The molecule has 1 aliphatic heterocycles. The van der Waals surface area contributed by atoms with Gasteiger partial charge in [0.05, 0.1) is 6.42 Å². The van der Waals surface area contributed by atoms with E-state index in [1.54, 1.807) is 0 Å². The number of hydrogen-bond donors (Lipinski definition) is 2. The third kappa shape index (κ3) is 3.30. The molecule has 0 radical (unpaired) electrons. The van der Waals surface area contributed by atoms with Crippen LogP contribution in [-0.2, 0) is 11.2 Å². The molecule has 0 aliphatic carbocycles. The second kappa shape index (κ2) is 6.73. The number of hydrogen-bond acceptors (Lipinski definition) is 2. The maximum absolute atomic E-state index is 12.0. The molecule has 106 valence electrons. The summed E-state index contributed by atoms with van der Waals surface area (Å²) in [7, 11) is 0. The molecule has 0 unspecified atom stereocenters. The van der Waals surface area contributed by atoms with Gasteiger partial charge in [-0.25, -0.2) is 0 Å². The van der Waals surface area contributed by atoms with Gasteiger partial charge in [0, 0.05) is 25.6 Å². The van der Waals surface area contributed by atoms with Gasteiger partial charge >= 0.3 is 0 Å². The number of halogens is 1. The van der Waals surface area contributed by atoms with Gasteiger partial charge in [0.1, 0.15) is 0 Å². The normalized spacial score (nSPS) is 14.4. The van der Waals surface area contributed by atoms with Crippen LogP contribution in [0.5, 0.6) is 0 Å². The average molecular weight is 291 g/mol. The lowest BCUT2D eigenvalue weighted by molar-refractivity contribution is -0.120. The highest BCUT2D eigenvalue weighted by molar-refractivity contribution is 5.90. The van der Waals surface area contributed by atoms with E-state index in [2.05, 4.69) is 28.8 Å². The van der Waals surface area contributed by atoms with E-state index in [-0.39, 0.29) is 18.3 Å². The van der Waals surface area contributed by atoms with Crippen molar-refractivity contribution in [3.8, 4) is 0 Å². The molecule has 0 aromatic heterocycles. The molecule has 1 amide bonds. The van der Waals surface area contributed by atoms with E-state index in [1.165, 1.54) is 10.8 Å². The highest BCUT2D eigenvalue weighted by atomic mass is 35.5. The minimum atomic E-state index is 0. The fraction of sp³-hybridized carbons (Fsp3) is 0.312. The lowest BCUT2D eigenvalue weighted by Crippen LogP contribution is -2.48. The van der Waals surface area contributed by atoms with Crippen molar-refractivity contribution in [3.05, 3.63) is 48.0 Å². The molecule has 20 heavy (non-hydrogen) atoms. The molecular weight excluding hydrogens is 272 g/mol. The largest absolute Gasteiger partial charge is 0.355 e. The fourth-order valence-electron chi connectivity index (χ4n) is 2.43. The van der Waals surface area contributed by atoms with Crippen LogP contribution in [0.25, 0.3) is 10.8 Å². The Hall–Kier alpha value is -1.58. The third-order valence-corrected chi connectivity index (χ3v) is 3.68. The predicted molar refractivity (Wildman–Crippen MR) is 84.3 cm³/mol. The number of carbonyl (C=O) groups excluding carboxylic acids is 1. The first-order valence-electron chi connectivity index (χ1n) is 6.77. The van der Waals surface area contributed by atoms with Crippen molar-refractivity contribution in [2.24, 2.45) is 5.92 Å². The molecule has 1 heterocycles. The highest BCUT2D eigenvalue weighted by Crippen LogP contribution is 2.18. The van der Waals surface area contributed by atoms with Crippen LogP contribution in [0, 0.1) is 5.92 Å². The van der Waals surface area contributed by atoms with Gasteiger partial charge in [-0.15, -0.1) is 12.4 Å². The second-order valence-electron chi connectivity index (χ2n) is 5.14. The Morgan fingerprint density at radius 2 is 1.90 bits per heavy atom. The van der Waals surface area contributed by atoms with Gasteiger partial charge < -0.3 is 10.6 Å². The molecule has 1 saturated heterocycles. The summed E-state index contributed by atoms with van der Waals surface area (Å²) in [6, 6.07) is 14.3. The lowest BCUT2D eigenvalue weighted by atomic mass is 10.0. The second-order valence-corrected chi connectivity index (χ2v) is 5.14. The maximum Gasteiger partial charge on any atom is 0.224 e. The van der Waals surface area contributed by atoms with Crippen molar-refractivity contribution in [2.75, 3.05) is 19.6 Å². The van der Waals surface area contributed by atoms with E-state index in [0.29, 0.717) is 12.3 Å². The SMILES string of the molecule is Cl.O=C(Cc1cccc2ccccc12)NCC1CNC1. The summed E-state index contributed by atoms with van der Waals surface area (Å²) in [5, 5.41) is 8.59. The molecule has 3 nitrogen and oxygen atoms in total. The van der Waals surface area contributed by atoms with Crippen LogP contribution in [0.4, 0.5) is 0 Å². The Labute approximate surface area is 125 Å². The third-order valence-electron chi connectivity index (χ3n) is 3.68. The molecule has 1 fully saturated rings. The summed E-state index contributed by atoms with van der Waals surface area (Å²) in [4.78, 5) is 12.0. The van der Waals surface area contributed by atoms with Crippen LogP contribution < -0.4 is 10.6 Å². The Kier molecular flexibility index (Phi) is 4.99. The van der Waals surface area contributed by atoms with Gasteiger partial charge in [-0.3, -0.25) is 4.79 Å². The van der Waals surface area contributed by atoms with Crippen molar-refractivity contribution >= 4 is 29.1 Å².